The predicted molar refractivity (Wildman–Crippen MR) is 158 cm³/mol. The molecule has 9 nitrogen and oxygen atoms in total. The Labute approximate surface area is 253 Å². The Balaban J connectivity index is 1.08. The van der Waals surface area contributed by atoms with Crippen LogP contribution in [0.1, 0.15) is 41.8 Å². The Morgan fingerprint density at radius 2 is 2.00 bits per heavy atom. The summed E-state index contributed by atoms with van der Waals surface area (Å²) in [7, 11) is 0. The van der Waals surface area contributed by atoms with Crippen molar-refractivity contribution in [3.63, 3.8) is 0 Å². The number of piperazine rings is 1. The highest BCUT2D eigenvalue weighted by Crippen LogP contribution is 2.51. The molecular formula is C32H34F3N5O4. The number of carbonyl (C=O) groups excluding carboxylic acids is 2. The van der Waals surface area contributed by atoms with Gasteiger partial charge < -0.3 is 29.9 Å². The van der Waals surface area contributed by atoms with Gasteiger partial charge in [0.2, 0.25) is 5.91 Å². The minimum Gasteiger partial charge on any atom is -0.487 e. The monoisotopic (exact) mass is 609 g/mol. The molecule has 0 unspecified atom stereocenters. The highest BCUT2D eigenvalue weighted by molar-refractivity contribution is 5.96. The zero-order valence-electron chi connectivity index (χ0n) is 24.5. The smallest absolute Gasteiger partial charge is 0.418 e. The number of nitrogens with zero attached hydrogens (tertiary/aromatic N) is 3. The van der Waals surface area contributed by atoms with Gasteiger partial charge in [-0.1, -0.05) is 13.5 Å². The average molecular weight is 610 g/mol. The van der Waals surface area contributed by atoms with E-state index in [0.29, 0.717) is 67.7 Å². The van der Waals surface area contributed by atoms with E-state index in [9.17, 15) is 22.8 Å². The van der Waals surface area contributed by atoms with E-state index in [-0.39, 0.29) is 35.2 Å². The summed E-state index contributed by atoms with van der Waals surface area (Å²) >= 11 is 0. The maximum absolute atomic E-state index is 14.0. The lowest BCUT2D eigenvalue weighted by atomic mass is 10.1. The number of ether oxygens (including phenoxy) is 2. The van der Waals surface area contributed by atoms with E-state index < -0.39 is 17.6 Å². The first-order valence-electron chi connectivity index (χ1n) is 14.7. The van der Waals surface area contributed by atoms with Crippen LogP contribution in [0.2, 0.25) is 0 Å². The van der Waals surface area contributed by atoms with Crippen LogP contribution in [0.15, 0.2) is 66.3 Å². The third kappa shape index (κ3) is 5.90. The Morgan fingerprint density at radius 1 is 1.23 bits per heavy atom. The SMILES string of the molecule is C=C1/C(=C\C=C(/C)Oc2ccnc3c2CCC(=O)N3)O[C@@H]2[C@@H](NC(=O)c3ccc(N4CCN(CC)CC4)c(C(F)(F)F)c3)[C@H]12. The summed E-state index contributed by atoms with van der Waals surface area (Å²) < 4.78 is 54.1. The van der Waals surface area contributed by atoms with Gasteiger partial charge in [0.1, 0.15) is 29.2 Å². The molecular weight excluding hydrogens is 575 g/mol. The van der Waals surface area contributed by atoms with Crippen LogP contribution >= 0.6 is 0 Å². The maximum Gasteiger partial charge on any atom is 0.418 e. The van der Waals surface area contributed by atoms with Crippen molar-refractivity contribution in [3.8, 4) is 5.75 Å². The topological polar surface area (TPSA) is 96.0 Å². The van der Waals surface area contributed by atoms with Crippen molar-refractivity contribution in [2.45, 2.75) is 45.0 Å². The first-order valence-corrected chi connectivity index (χ1v) is 14.7. The number of allylic oxidation sites excluding steroid dienone is 4. The number of nitrogens with one attached hydrogen (secondary N) is 2. The molecule has 0 bridgehead atoms. The van der Waals surface area contributed by atoms with Gasteiger partial charge in [-0.05, 0) is 61.9 Å². The molecule has 6 rings (SSSR count). The molecule has 1 saturated carbocycles. The van der Waals surface area contributed by atoms with Crippen molar-refractivity contribution in [2.24, 2.45) is 5.92 Å². The largest absolute Gasteiger partial charge is 0.487 e. The molecule has 44 heavy (non-hydrogen) atoms. The highest BCUT2D eigenvalue weighted by atomic mass is 19.4. The van der Waals surface area contributed by atoms with Crippen molar-refractivity contribution in [1.82, 2.24) is 15.2 Å². The number of amides is 2. The van der Waals surface area contributed by atoms with Gasteiger partial charge in [0, 0.05) is 61.5 Å². The van der Waals surface area contributed by atoms with Crippen LogP contribution in [0.25, 0.3) is 0 Å². The third-order valence-electron chi connectivity index (χ3n) is 8.57. The molecule has 12 heteroatoms. The van der Waals surface area contributed by atoms with Crippen LogP contribution < -0.4 is 20.3 Å². The van der Waals surface area contributed by atoms with Gasteiger partial charge in [-0.15, -0.1) is 0 Å². The molecule has 3 fully saturated rings. The van der Waals surface area contributed by atoms with E-state index in [0.717, 1.165) is 18.2 Å². The molecule has 232 valence electrons. The van der Waals surface area contributed by atoms with E-state index >= 15 is 0 Å². The zero-order chi connectivity index (χ0) is 31.2. The number of anilines is 2. The summed E-state index contributed by atoms with van der Waals surface area (Å²) in [6, 6.07) is 5.16. The number of halogens is 3. The Kier molecular flexibility index (Phi) is 7.87. The van der Waals surface area contributed by atoms with Crippen LogP contribution in [-0.4, -0.2) is 66.6 Å². The number of benzene rings is 1. The number of rotatable bonds is 7. The number of aromatic nitrogens is 1. The number of likely N-dealkylation sites (N-methyl/N-ethyl adjacent to an activating group) is 1. The van der Waals surface area contributed by atoms with E-state index in [4.69, 9.17) is 9.47 Å². The molecule has 1 aromatic heterocycles. The van der Waals surface area contributed by atoms with Crippen molar-refractivity contribution in [3.05, 3.63) is 83.0 Å². The molecule has 3 atom stereocenters. The first-order chi connectivity index (χ1) is 21.0. The first kappa shape index (κ1) is 29.7. The molecule has 3 aliphatic heterocycles. The normalized spacial score (nSPS) is 24.4. The molecule has 4 aliphatic rings. The average Bonchev–Trinajstić information content (AvgIpc) is 3.57. The third-order valence-corrected chi connectivity index (χ3v) is 8.57. The fourth-order valence-electron chi connectivity index (χ4n) is 6.02. The molecule has 2 aromatic rings. The maximum atomic E-state index is 14.0. The molecule has 1 aromatic carbocycles. The second-order valence-corrected chi connectivity index (χ2v) is 11.4. The summed E-state index contributed by atoms with van der Waals surface area (Å²) in [5, 5.41) is 5.57. The van der Waals surface area contributed by atoms with Gasteiger partial charge in [0.15, 0.2) is 0 Å². The Bertz CT molecular complexity index is 1560. The summed E-state index contributed by atoms with van der Waals surface area (Å²) in [5.41, 5.74) is 0.778. The van der Waals surface area contributed by atoms with Crippen molar-refractivity contribution in [2.75, 3.05) is 42.9 Å². The fraction of sp³-hybridized carbons (Fsp3) is 0.406. The molecule has 1 aliphatic carbocycles. The number of fused-ring (bicyclic) bond motifs is 2. The Hall–Kier alpha value is -4.32. The number of alkyl halides is 3. The molecule has 2 amide bonds. The summed E-state index contributed by atoms with van der Waals surface area (Å²) in [6.07, 6.45) is 1.03. The van der Waals surface area contributed by atoms with Gasteiger partial charge in [-0.2, -0.15) is 13.2 Å². The second kappa shape index (κ2) is 11.6. The minimum atomic E-state index is -4.59. The molecule has 0 spiro atoms. The quantitative estimate of drug-likeness (QED) is 0.441. The lowest BCUT2D eigenvalue weighted by Gasteiger charge is -2.36. The lowest BCUT2D eigenvalue weighted by Crippen LogP contribution is -2.46. The van der Waals surface area contributed by atoms with Crippen LogP contribution in [0.5, 0.6) is 5.75 Å². The summed E-state index contributed by atoms with van der Waals surface area (Å²) in [5.74, 6) is 1.43. The van der Waals surface area contributed by atoms with Gasteiger partial charge in [0.25, 0.3) is 5.91 Å². The van der Waals surface area contributed by atoms with Gasteiger partial charge in [0.05, 0.1) is 11.6 Å². The Morgan fingerprint density at radius 3 is 2.68 bits per heavy atom. The van der Waals surface area contributed by atoms with E-state index in [1.54, 1.807) is 36.2 Å². The van der Waals surface area contributed by atoms with Crippen LogP contribution in [-0.2, 0) is 22.1 Å². The zero-order valence-corrected chi connectivity index (χ0v) is 24.5. The fourth-order valence-corrected chi connectivity index (χ4v) is 6.02. The summed E-state index contributed by atoms with van der Waals surface area (Å²) in [4.78, 5) is 32.8. The van der Waals surface area contributed by atoms with Gasteiger partial charge >= 0.3 is 6.18 Å². The predicted octanol–water partition coefficient (Wildman–Crippen LogP) is 4.68. The molecule has 2 saturated heterocycles. The highest BCUT2D eigenvalue weighted by Gasteiger charge is 2.60. The molecule has 2 N–H and O–H groups in total. The summed E-state index contributed by atoms with van der Waals surface area (Å²) in [6.45, 7) is 11.2. The van der Waals surface area contributed by atoms with Gasteiger partial charge in [-0.3, -0.25) is 9.59 Å². The van der Waals surface area contributed by atoms with E-state index in [2.05, 4.69) is 27.1 Å². The van der Waals surface area contributed by atoms with Crippen molar-refractivity contribution in [1.29, 1.82) is 0 Å². The van der Waals surface area contributed by atoms with Gasteiger partial charge in [-0.25, -0.2) is 4.98 Å². The van der Waals surface area contributed by atoms with Crippen LogP contribution in [0.3, 0.4) is 0 Å². The minimum absolute atomic E-state index is 0.0480. The standard InChI is InChI=1S/C32H34F3N5O4/c1-4-39-13-15-40(16-14-39)23-8-6-20(17-22(23)32(33,34)35)31(42)38-28-27-19(3)24(44-29(27)28)9-5-18(2)43-25-11-12-36-30-21(25)7-10-26(41)37-30/h5-6,8-9,11-12,17,27-29H,3-4,7,10,13-16H2,1-2H3,(H,38,42)(H,36,37,41)/b18-5+,24-9+/t27-,28-,29-/m0/s1. The second-order valence-electron chi connectivity index (χ2n) is 11.4. The van der Waals surface area contributed by atoms with E-state index in [1.807, 2.05) is 6.92 Å². The van der Waals surface area contributed by atoms with Crippen molar-refractivity contribution < 1.29 is 32.2 Å². The number of hydrogen-bond donors (Lipinski definition) is 2. The lowest BCUT2D eigenvalue weighted by molar-refractivity contribution is -0.137. The molecule has 0 radical (unpaired) electrons. The van der Waals surface area contributed by atoms with Crippen molar-refractivity contribution >= 4 is 23.3 Å². The van der Waals surface area contributed by atoms with E-state index in [1.165, 1.54) is 12.1 Å². The number of carbonyl (C=O) groups is 2. The number of hydrogen-bond acceptors (Lipinski definition) is 7. The molecule has 4 heterocycles. The van der Waals surface area contributed by atoms with Crippen LogP contribution in [0.4, 0.5) is 24.7 Å². The number of pyridine rings is 1. The van der Waals surface area contributed by atoms with Crippen LogP contribution in [0, 0.1) is 5.92 Å².